The summed E-state index contributed by atoms with van der Waals surface area (Å²) in [5.41, 5.74) is 2.00. The van der Waals surface area contributed by atoms with Crippen molar-refractivity contribution in [1.82, 2.24) is 15.5 Å². The Morgan fingerprint density at radius 1 is 1.55 bits per heavy atom. The molecule has 1 saturated heterocycles. The number of hydrogen-bond donors (Lipinski definition) is 2. The van der Waals surface area contributed by atoms with Gasteiger partial charge in [0.1, 0.15) is 11.9 Å². The summed E-state index contributed by atoms with van der Waals surface area (Å²) in [6, 6.07) is 4.63. The van der Waals surface area contributed by atoms with Gasteiger partial charge in [-0.2, -0.15) is 0 Å². The number of carbonyl (C=O) groups excluding carboxylic acids is 1. The van der Waals surface area contributed by atoms with E-state index < -0.39 is 0 Å². The molecule has 20 heavy (non-hydrogen) atoms. The van der Waals surface area contributed by atoms with Gasteiger partial charge in [0.25, 0.3) is 0 Å². The molecule has 0 bridgehead atoms. The molecule has 0 spiro atoms. The molecule has 1 unspecified atom stereocenters. The van der Waals surface area contributed by atoms with E-state index in [1.165, 1.54) is 6.07 Å². The summed E-state index contributed by atoms with van der Waals surface area (Å²) < 4.78 is 13.4. The zero-order valence-corrected chi connectivity index (χ0v) is 12.1. The fourth-order valence-corrected chi connectivity index (χ4v) is 2.52. The van der Waals surface area contributed by atoms with Gasteiger partial charge < -0.3 is 10.6 Å². The Balaban J connectivity index is 2.12. The van der Waals surface area contributed by atoms with Crippen LogP contribution in [0.5, 0.6) is 0 Å². The molecule has 5 heteroatoms. The van der Waals surface area contributed by atoms with E-state index in [2.05, 4.69) is 15.5 Å². The molecule has 1 atom stereocenters. The summed E-state index contributed by atoms with van der Waals surface area (Å²) in [6.07, 6.45) is 0. The molecule has 1 amide bonds. The highest BCUT2D eigenvalue weighted by molar-refractivity contribution is 5.82. The monoisotopic (exact) mass is 279 g/mol. The van der Waals surface area contributed by atoms with Gasteiger partial charge in [-0.25, -0.2) is 4.39 Å². The lowest BCUT2D eigenvalue weighted by Gasteiger charge is -2.35. The van der Waals surface area contributed by atoms with Gasteiger partial charge in [0.2, 0.25) is 5.91 Å². The first-order chi connectivity index (χ1) is 9.61. The van der Waals surface area contributed by atoms with Crippen LogP contribution in [0.3, 0.4) is 0 Å². The van der Waals surface area contributed by atoms with Gasteiger partial charge in [-0.15, -0.1) is 0 Å². The Morgan fingerprint density at radius 3 is 3.10 bits per heavy atom. The average Bonchev–Trinajstić information content (AvgIpc) is 2.44. The molecule has 2 N–H and O–H groups in total. The van der Waals surface area contributed by atoms with Crippen LogP contribution in [-0.4, -0.2) is 43.0 Å². The summed E-state index contributed by atoms with van der Waals surface area (Å²) in [7, 11) is 0. The number of rotatable bonds is 4. The van der Waals surface area contributed by atoms with Crippen molar-refractivity contribution in [3.05, 3.63) is 35.1 Å². The minimum absolute atomic E-state index is 0.0359. The maximum Gasteiger partial charge on any atom is 0.238 e. The van der Waals surface area contributed by atoms with Gasteiger partial charge in [-0.1, -0.05) is 6.07 Å². The van der Waals surface area contributed by atoms with Crippen LogP contribution >= 0.6 is 0 Å². The zero-order valence-electron chi connectivity index (χ0n) is 12.1. The first kappa shape index (κ1) is 14.9. The number of benzene rings is 1. The summed E-state index contributed by atoms with van der Waals surface area (Å²) in [5.74, 6) is -0.191. The molecule has 1 aliphatic heterocycles. The molecule has 1 aromatic carbocycles. The molecule has 1 aliphatic rings. The van der Waals surface area contributed by atoms with Crippen LogP contribution in [0.25, 0.3) is 0 Å². The van der Waals surface area contributed by atoms with Gasteiger partial charge in [0, 0.05) is 32.7 Å². The number of halogens is 1. The minimum atomic E-state index is -0.227. The van der Waals surface area contributed by atoms with Crippen LogP contribution < -0.4 is 10.6 Å². The van der Waals surface area contributed by atoms with Crippen molar-refractivity contribution in [3.8, 4) is 0 Å². The Hall–Kier alpha value is -1.46. The standard InChI is InChI=1S/C15H22FN3O/c1-3-18-15(20)14-9-17-6-7-19(14)10-12-8-13(16)5-4-11(12)2/h4-5,8,14,17H,3,6-7,9-10H2,1-2H3,(H,18,20). The van der Waals surface area contributed by atoms with Crippen LogP contribution in [-0.2, 0) is 11.3 Å². The highest BCUT2D eigenvalue weighted by atomic mass is 19.1. The predicted molar refractivity (Wildman–Crippen MR) is 76.9 cm³/mol. The molecule has 0 radical (unpaired) electrons. The highest BCUT2D eigenvalue weighted by Gasteiger charge is 2.28. The third kappa shape index (κ3) is 3.55. The van der Waals surface area contributed by atoms with Crippen molar-refractivity contribution in [2.24, 2.45) is 0 Å². The van der Waals surface area contributed by atoms with E-state index in [0.29, 0.717) is 19.6 Å². The van der Waals surface area contributed by atoms with Crippen molar-refractivity contribution < 1.29 is 9.18 Å². The first-order valence-electron chi connectivity index (χ1n) is 7.09. The van der Waals surface area contributed by atoms with Crippen molar-refractivity contribution in [3.63, 3.8) is 0 Å². The number of piperazine rings is 1. The van der Waals surface area contributed by atoms with Crippen molar-refractivity contribution in [1.29, 1.82) is 0 Å². The van der Waals surface area contributed by atoms with Gasteiger partial charge in [0.15, 0.2) is 0 Å². The van der Waals surface area contributed by atoms with Crippen LogP contribution in [0.15, 0.2) is 18.2 Å². The van der Waals surface area contributed by atoms with Crippen LogP contribution in [0.4, 0.5) is 4.39 Å². The summed E-state index contributed by atoms with van der Waals surface area (Å²) >= 11 is 0. The summed E-state index contributed by atoms with van der Waals surface area (Å²) in [6.45, 7) is 7.39. The highest BCUT2D eigenvalue weighted by Crippen LogP contribution is 2.15. The quantitative estimate of drug-likeness (QED) is 0.866. The SMILES string of the molecule is CCNC(=O)C1CNCCN1Cc1cc(F)ccc1C. The molecule has 0 aromatic heterocycles. The number of amides is 1. The lowest BCUT2D eigenvalue weighted by atomic mass is 10.1. The third-order valence-corrected chi connectivity index (χ3v) is 3.69. The minimum Gasteiger partial charge on any atom is -0.355 e. The average molecular weight is 279 g/mol. The Bertz CT molecular complexity index is 478. The fourth-order valence-electron chi connectivity index (χ4n) is 2.52. The van der Waals surface area contributed by atoms with E-state index in [1.807, 2.05) is 13.8 Å². The smallest absolute Gasteiger partial charge is 0.238 e. The molecule has 1 fully saturated rings. The molecule has 110 valence electrons. The van der Waals surface area contributed by atoms with Crippen molar-refractivity contribution in [2.75, 3.05) is 26.2 Å². The normalized spacial score (nSPS) is 19.9. The third-order valence-electron chi connectivity index (χ3n) is 3.69. The zero-order chi connectivity index (χ0) is 14.5. The molecular formula is C15H22FN3O. The van der Waals surface area contributed by atoms with E-state index in [-0.39, 0.29) is 17.8 Å². The van der Waals surface area contributed by atoms with Crippen LogP contribution in [0, 0.1) is 12.7 Å². The van der Waals surface area contributed by atoms with Gasteiger partial charge in [0.05, 0.1) is 0 Å². The lowest BCUT2D eigenvalue weighted by Crippen LogP contribution is -2.57. The van der Waals surface area contributed by atoms with Gasteiger partial charge in [-0.05, 0) is 37.1 Å². The fraction of sp³-hybridized carbons (Fsp3) is 0.533. The molecule has 4 nitrogen and oxygen atoms in total. The maximum absolute atomic E-state index is 13.4. The largest absolute Gasteiger partial charge is 0.355 e. The van der Waals surface area contributed by atoms with Crippen LogP contribution in [0.1, 0.15) is 18.1 Å². The molecule has 0 saturated carbocycles. The number of carbonyl (C=O) groups is 1. The molecule has 2 rings (SSSR count). The maximum atomic E-state index is 13.4. The summed E-state index contributed by atoms with van der Waals surface area (Å²) in [4.78, 5) is 14.2. The van der Waals surface area contributed by atoms with E-state index in [0.717, 1.165) is 24.2 Å². The second-order valence-electron chi connectivity index (χ2n) is 5.16. The van der Waals surface area contributed by atoms with E-state index in [9.17, 15) is 9.18 Å². The number of hydrogen-bond acceptors (Lipinski definition) is 3. The Kier molecular flexibility index (Phi) is 5.09. The molecular weight excluding hydrogens is 257 g/mol. The molecule has 1 aromatic rings. The Morgan fingerprint density at radius 2 is 2.35 bits per heavy atom. The summed E-state index contributed by atoms with van der Waals surface area (Å²) in [5, 5.41) is 6.10. The van der Waals surface area contributed by atoms with Gasteiger partial charge >= 0.3 is 0 Å². The second-order valence-corrected chi connectivity index (χ2v) is 5.16. The van der Waals surface area contributed by atoms with Crippen molar-refractivity contribution in [2.45, 2.75) is 26.4 Å². The topological polar surface area (TPSA) is 44.4 Å². The second kappa shape index (κ2) is 6.81. The number of nitrogens with one attached hydrogen (secondary N) is 2. The Labute approximate surface area is 119 Å². The predicted octanol–water partition coefficient (Wildman–Crippen LogP) is 1.04. The lowest BCUT2D eigenvalue weighted by molar-refractivity contribution is -0.127. The van der Waals surface area contributed by atoms with Gasteiger partial charge in [-0.3, -0.25) is 9.69 Å². The first-order valence-corrected chi connectivity index (χ1v) is 7.09. The number of aryl methyl sites for hydroxylation is 1. The molecule has 0 aliphatic carbocycles. The van der Waals surface area contributed by atoms with E-state index >= 15 is 0 Å². The van der Waals surface area contributed by atoms with E-state index in [4.69, 9.17) is 0 Å². The van der Waals surface area contributed by atoms with Crippen LogP contribution in [0.2, 0.25) is 0 Å². The number of likely N-dealkylation sites (N-methyl/N-ethyl adjacent to an activating group) is 1. The van der Waals surface area contributed by atoms with Crippen molar-refractivity contribution >= 4 is 5.91 Å². The number of nitrogens with zero attached hydrogens (tertiary/aromatic N) is 1. The van der Waals surface area contributed by atoms with E-state index in [1.54, 1.807) is 12.1 Å². The molecule has 1 heterocycles.